The molecule has 0 unspecified atom stereocenters. The van der Waals surface area contributed by atoms with Crippen LogP contribution in [0.2, 0.25) is 0 Å². The van der Waals surface area contributed by atoms with Crippen molar-refractivity contribution in [3.05, 3.63) is 0 Å². The Labute approximate surface area is 111 Å². The molecule has 0 aromatic rings. The van der Waals surface area contributed by atoms with Crippen LogP contribution in [-0.2, 0) is 14.2 Å². The van der Waals surface area contributed by atoms with E-state index in [0.29, 0.717) is 39.6 Å². The van der Waals surface area contributed by atoms with Crippen molar-refractivity contribution in [2.75, 3.05) is 53.2 Å². The summed E-state index contributed by atoms with van der Waals surface area (Å²) in [5, 5.41) is 13.2. The Bertz CT molecular complexity index is 174. The molecule has 0 aromatic carbocycles. The number of nitrogens with one attached hydrogen (secondary N) is 1. The zero-order valence-corrected chi connectivity index (χ0v) is 12.0. The standard InChI is InChI=1S/C13H29NO4/c1-4-13(15,5-2)12-14-6-7-17-10-11-18-9-8-16-3/h14-15H,4-12H2,1-3H3. The van der Waals surface area contributed by atoms with Gasteiger partial charge in [-0.15, -0.1) is 0 Å². The molecule has 0 atom stereocenters. The highest BCUT2D eigenvalue weighted by Crippen LogP contribution is 2.12. The Morgan fingerprint density at radius 3 is 2.06 bits per heavy atom. The van der Waals surface area contributed by atoms with E-state index in [9.17, 15) is 5.11 Å². The molecular formula is C13H29NO4. The second-order valence-corrected chi connectivity index (χ2v) is 4.33. The molecule has 2 N–H and O–H groups in total. The van der Waals surface area contributed by atoms with Crippen LogP contribution in [0.3, 0.4) is 0 Å². The van der Waals surface area contributed by atoms with Crippen LogP contribution >= 0.6 is 0 Å². The zero-order valence-electron chi connectivity index (χ0n) is 12.0. The SMILES string of the molecule is CCC(O)(CC)CNCCOCCOCCOC. The summed E-state index contributed by atoms with van der Waals surface area (Å²) in [7, 11) is 1.65. The number of methoxy groups -OCH3 is 1. The predicted molar refractivity (Wildman–Crippen MR) is 71.9 cm³/mol. The van der Waals surface area contributed by atoms with E-state index in [2.05, 4.69) is 5.32 Å². The van der Waals surface area contributed by atoms with Crippen molar-refractivity contribution >= 4 is 0 Å². The van der Waals surface area contributed by atoms with Gasteiger partial charge in [0.15, 0.2) is 0 Å². The lowest BCUT2D eigenvalue weighted by molar-refractivity contribution is 0.0185. The van der Waals surface area contributed by atoms with Gasteiger partial charge in [0, 0.05) is 20.2 Å². The van der Waals surface area contributed by atoms with Crippen LogP contribution in [0.5, 0.6) is 0 Å². The topological polar surface area (TPSA) is 60.0 Å². The second kappa shape index (κ2) is 11.9. The van der Waals surface area contributed by atoms with Gasteiger partial charge in [0.25, 0.3) is 0 Å². The zero-order chi connectivity index (χ0) is 13.7. The van der Waals surface area contributed by atoms with E-state index in [1.807, 2.05) is 13.8 Å². The summed E-state index contributed by atoms with van der Waals surface area (Å²) < 4.78 is 15.5. The second-order valence-electron chi connectivity index (χ2n) is 4.33. The maximum atomic E-state index is 10.0. The molecule has 0 bridgehead atoms. The molecule has 0 aliphatic carbocycles. The van der Waals surface area contributed by atoms with Crippen LogP contribution in [0, 0.1) is 0 Å². The molecule has 0 aliphatic heterocycles. The maximum absolute atomic E-state index is 10.0. The summed E-state index contributed by atoms with van der Waals surface area (Å²) in [6, 6.07) is 0. The molecule has 0 aromatic heterocycles. The Morgan fingerprint density at radius 2 is 1.50 bits per heavy atom. The lowest BCUT2D eigenvalue weighted by Gasteiger charge is -2.25. The van der Waals surface area contributed by atoms with Gasteiger partial charge in [-0.3, -0.25) is 0 Å². The number of aliphatic hydroxyl groups is 1. The van der Waals surface area contributed by atoms with E-state index in [1.54, 1.807) is 7.11 Å². The minimum atomic E-state index is -0.580. The summed E-state index contributed by atoms with van der Waals surface area (Å²) in [5.41, 5.74) is -0.580. The fourth-order valence-corrected chi connectivity index (χ4v) is 1.43. The van der Waals surface area contributed by atoms with Crippen LogP contribution < -0.4 is 5.32 Å². The average molecular weight is 263 g/mol. The molecule has 18 heavy (non-hydrogen) atoms. The Kier molecular flexibility index (Phi) is 11.7. The molecule has 5 nitrogen and oxygen atoms in total. The largest absolute Gasteiger partial charge is 0.389 e. The molecule has 0 aliphatic rings. The first kappa shape index (κ1) is 17.8. The van der Waals surface area contributed by atoms with Gasteiger partial charge in [0.1, 0.15) is 0 Å². The Morgan fingerprint density at radius 1 is 0.944 bits per heavy atom. The molecular weight excluding hydrogens is 234 g/mol. The fourth-order valence-electron chi connectivity index (χ4n) is 1.43. The first-order valence-electron chi connectivity index (χ1n) is 6.76. The molecule has 0 heterocycles. The molecule has 5 heteroatoms. The maximum Gasteiger partial charge on any atom is 0.0766 e. The van der Waals surface area contributed by atoms with Crippen LogP contribution in [-0.4, -0.2) is 63.9 Å². The smallest absolute Gasteiger partial charge is 0.0766 e. The summed E-state index contributed by atoms with van der Waals surface area (Å²) in [6.07, 6.45) is 1.54. The summed E-state index contributed by atoms with van der Waals surface area (Å²) in [6.45, 7) is 8.42. The van der Waals surface area contributed by atoms with Gasteiger partial charge < -0.3 is 24.6 Å². The molecule has 0 rings (SSSR count). The summed E-state index contributed by atoms with van der Waals surface area (Å²) in [4.78, 5) is 0. The van der Waals surface area contributed by atoms with E-state index in [0.717, 1.165) is 19.4 Å². The predicted octanol–water partition coefficient (Wildman–Crippen LogP) is 0.807. The monoisotopic (exact) mass is 263 g/mol. The van der Waals surface area contributed by atoms with E-state index in [-0.39, 0.29) is 0 Å². The van der Waals surface area contributed by atoms with Crippen molar-refractivity contribution in [2.45, 2.75) is 32.3 Å². The lowest BCUT2D eigenvalue weighted by Crippen LogP contribution is -2.40. The lowest BCUT2D eigenvalue weighted by atomic mass is 9.98. The summed E-state index contributed by atoms with van der Waals surface area (Å²) in [5.74, 6) is 0. The molecule has 0 saturated carbocycles. The van der Waals surface area contributed by atoms with Gasteiger partial charge in [-0.2, -0.15) is 0 Å². The quantitative estimate of drug-likeness (QED) is 0.482. The van der Waals surface area contributed by atoms with Crippen molar-refractivity contribution in [1.82, 2.24) is 5.32 Å². The molecule has 0 amide bonds. The van der Waals surface area contributed by atoms with Crippen molar-refractivity contribution in [3.63, 3.8) is 0 Å². The van der Waals surface area contributed by atoms with E-state index in [1.165, 1.54) is 0 Å². The number of hydrogen-bond donors (Lipinski definition) is 2. The highest BCUT2D eigenvalue weighted by Gasteiger charge is 2.20. The Balaban J connectivity index is 3.21. The molecule has 0 fully saturated rings. The highest BCUT2D eigenvalue weighted by molar-refractivity contribution is 4.77. The van der Waals surface area contributed by atoms with Crippen LogP contribution in [0.4, 0.5) is 0 Å². The summed E-state index contributed by atoms with van der Waals surface area (Å²) >= 11 is 0. The van der Waals surface area contributed by atoms with E-state index >= 15 is 0 Å². The van der Waals surface area contributed by atoms with Crippen molar-refractivity contribution in [1.29, 1.82) is 0 Å². The highest BCUT2D eigenvalue weighted by atomic mass is 16.5. The van der Waals surface area contributed by atoms with Gasteiger partial charge in [0.2, 0.25) is 0 Å². The molecule has 110 valence electrons. The first-order chi connectivity index (χ1) is 8.68. The first-order valence-corrected chi connectivity index (χ1v) is 6.76. The third-order valence-corrected chi connectivity index (χ3v) is 3.00. The molecule has 0 saturated heterocycles. The number of ether oxygens (including phenoxy) is 3. The Hall–Kier alpha value is -0.200. The van der Waals surface area contributed by atoms with E-state index in [4.69, 9.17) is 14.2 Å². The minimum Gasteiger partial charge on any atom is -0.389 e. The average Bonchev–Trinajstić information content (AvgIpc) is 2.40. The van der Waals surface area contributed by atoms with Crippen LogP contribution in [0.1, 0.15) is 26.7 Å². The normalized spacial score (nSPS) is 12.0. The van der Waals surface area contributed by atoms with Gasteiger partial charge >= 0.3 is 0 Å². The minimum absolute atomic E-state index is 0.580. The molecule has 0 radical (unpaired) electrons. The van der Waals surface area contributed by atoms with Gasteiger partial charge in [0.05, 0.1) is 38.6 Å². The third-order valence-electron chi connectivity index (χ3n) is 3.00. The number of rotatable bonds is 13. The van der Waals surface area contributed by atoms with Gasteiger partial charge in [-0.25, -0.2) is 0 Å². The van der Waals surface area contributed by atoms with Gasteiger partial charge in [-0.1, -0.05) is 13.8 Å². The molecule has 0 spiro atoms. The van der Waals surface area contributed by atoms with Crippen molar-refractivity contribution < 1.29 is 19.3 Å². The fraction of sp³-hybridized carbons (Fsp3) is 1.00. The van der Waals surface area contributed by atoms with E-state index < -0.39 is 5.60 Å². The van der Waals surface area contributed by atoms with Crippen LogP contribution in [0.15, 0.2) is 0 Å². The van der Waals surface area contributed by atoms with Crippen LogP contribution in [0.25, 0.3) is 0 Å². The van der Waals surface area contributed by atoms with Gasteiger partial charge in [-0.05, 0) is 12.8 Å². The van der Waals surface area contributed by atoms with Crippen molar-refractivity contribution in [2.24, 2.45) is 0 Å². The van der Waals surface area contributed by atoms with Crippen molar-refractivity contribution in [3.8, 4) is 0 Å². The third kappa shape index (κ3) is 9.79. The number of hydrogen-bond acceptors (Lipinski definition) is 5.